The number of ether oxygens (including phenoxy) is 1. The number of amides is 2. The molecule has 20 heavy (non-hydrogen) atoms. The van der Waals surface area contributed by atoms with Crippen molar-refractivity contribution in [1.29, 1.82) is 0 Å². The highest BCUT2D eigenvalue weighted by Gasteiger charge is 2.13. The van der Waals surface area contributed by atoms with Crippen LogP contribution in [0.5, 0.6) is 5.75 Å². The van der Waals surface area contributed by atoms with E-state index in [9.17, 15) is 9.59 Å². The fourth-order valence-electron chi connectivity index (χ4n) is 1.62. The van der Waals surface area contributed by atoms with Gasteiger partial charge in [0.1, 0.15) is 5.75 Å². The number of likely N-dealkylation sites (N-methyl/N-ethyl adjacent to an activating group) is 2. The summed E-state index contributed by atoms with van der Waals surface area (Å²) in [6.07, 6.45) is 0. The molecule has 0 aliphatic rings. The Bertz CT molecular complexity index is 463. The van der Waals surface area contributed by atoms with Crippen LogP contribution < -0.4 is 15.8 Å². The van der Waals surface area contributed by atoms with Gasteiger partial charge < -0.3 is 20.7 Å². The summed E-state index contributed by atoms with van der Waals surface area (Å²) in [4.78, 5) is 24.5. The molecule has 0 atom stereocenters. The minimum absolute atomic E-state index is 0.0224. The second-order valence-corrected chi connectivity index (χ2v) is 4.30. The van der Waals surface area contributed by atoms with Crippen molar-refractivity contribution in [2.24, 2.45) is 5.73 Å². The lowest BCUT2D eigenvalue weighted by molar-refractivity contribution is -0.136. The van der Waals surface area contributed by atoms with Crippen molar-refractivity contribution in [3.8, 4) is 5.75 Å². The molecule has 1 rings (SSSR count). The maximum atomic E-state index is 11.8. The Hall–Kier alpha value is -2.08. The van der Waals surface area contributed by atoms with Gasteiger partial charge in [0.05, 0.1) is 6.54 Å². The average Bonchev–Trinajstić information content (AvgIpc) is 2.45. The van der Waals surface area contributed by atoms with Gasteiger partial charge in [-0.1, -0.05) is 18.2 Å². The van der Waals surface area contributed by atoms with Crippen LogP contribution in [0.25, 0.3) is 0 Å². The number of rotatable bonds is 7. The van der Waals surface area contributed by atoms with Crippen LogP contribution in [-0.4, -0.2) is 43.5 Å². The average molecular weight is 279 g/mol. The second kappa shape index (κ2) is 8.16. The van der Waals surface area contributed by atoms with Gasteiger partial charge in [-0.15, -0.1) is 0 Å². The van der Waals surface area contributed by atoms with Gasteiger partial charge in [-0.25, -0.2) is 0 Å². The van der Waals surface area contributed by atoms with Crippen LogP contribution in [0.15, 0.2) is 24.3 Å². The number of carbonyl (C=O) groups excluding carboxylic acids is 2. The lowest BCUT2D eigenvalue weighted by Crippen LogP contribution is -2.40. The van der Waals surface area contributed by atoms with E-state index in [2.05, 4.69) is 5.32 Å². The van der Waals surface area contributed by atoms with E-state index in [0.29, 0.717) is 18.8 Å². The Morgan fingerprint density at radius 3 is 2.70 bits per heavy atom. The number of nitrogens with one attached hydrogen (secondary N) is 1. The van der Waals surface area contributed by atoms with Gasteiger partial charge >= 0.3 is 0 Å². The molecule has 110 valence electrons. The topological polar surface area (TPSA) is 84.7 Å². The molecule has 0 saturated carbocycles. The first-order chi connectivity index (χ1) is 9.58. The maximum absolute atomic E-state index is 11.8. The largest absolute Gasteiger partial charge is 0.483 e. The molecule has 1 aromatic carbocycles. The summed E-state index contributed by atoms with van der Waals surface area (Å²) >= 11 is 0. The van der Waals surface area contributed by atoms with E-state index in [1.165, 1.54) is 4.90 Å². The lowest BCUT2D eigenvalue weighted by atomic mass is 10.2. The van der Waals surface area contributed by atoms with Crippen LogP contribution in [0.3, 0.4) is 0 Å². The number of para-hydroxylation sites is 1. The Morgan fingerprint density at radius 2 is 2.05 bits per heavy atom. The Labute approximate surface area is 118 Å². The second-order valence-electron chi connectivity index (χ2n) is 4.30. The zero-order chi connectivity index (χ0) is 15.0. The summed E-state index contributed by atoms with van der Waals surface area (Å²) in [5.74, 6) is 0.142. The van der Waals surface area contributed by atoms with E-state index in [1.54, 1.807) is 13.1 Å². The normalized spacial score (nSPS) is 9.95. The van der Waals surface area contributed by atoms with Gasteiger partial charge in [0.2, 0.25) is 5.91 Å². The van der Waals surface area contributed by atoms with Gasteiger partial charge in [0.25, 0.3) is 5.91 Å². The highest BCUT2D eigenvalue weighted by atomic mass is 16.5. The minimum atomic E-state index is -0.261. The molecule has 0 spiro atoms. The fraction of sp³-hybridized carbons (Fsp3) is 0.429. The van der Waals surface area contributed by atoms with E-state index in [1.807, 2.05) is 25.1 Å². The van der Waals surface area contributed by atoms with Crippen LogP contribution in [-0.2, 0) is 16.1 Å². The molecule has 0 heterocycles. The lowest BCUT2D eigenvalue weighted by Gasteiger charge is -2.17. The van der Waals surface area contributed by atoms with Gasteiger partial charge in [-0.3, -0.25) is 9.59 Å². The number of hydrogen-bond acceptors (Lipinski definition) is 4. The number of nitrogens with zero attached hydrogens (tertiary/aromatic N) is 1. The van der Waals surface area contributed by atoms with E-state index in [0.717, 1.165) is 5.56 Å². The third-order valence-corrected chi connectivity index (χ3v) is 2.72. The van der Waals surface area contributed by atoms with Crippen LogP contribution >= 0.6 is 0 Å². The molecular formula is C14H21N3O3. The van der Waals surface area contributed by atoms with E-state index < -0.39 is 0 Å². The zero-order valence-electron chi connectivity index (χ0n) is 11.9. The number of nitrogens with two attached hydrogens (primary N) is 1. The summed E-state index contributed by atoms with van der Waals surface area (Å²) in [7, 11) is 1.57. The zero-order valence-corrected chi connectivity index (χ0v) is 11.9. The molecule has 6 nitrogen and oxygen atoms in total. The molecular weight excluding hydrogens is 258 g/mol. The first-order valence-electron chi connectivity index (χ1n) is 6.50. The molecule has 0 saturated heterocycles. The quantitative estimate of drug-likeness (QED) is 0.742. The predicted molar refractivity (Wildman–Crippen MR) is 76.1 cm³/mol. The predicted octanol–water partition coefficient (Wildman–Crippen LogP) is 0.119. The van der Waals surface area contributed by atoms with Crippen LogP contribution in [0, 0.1) is 0 Å². The van der Waals surface area contributed by atoms with Crippen molar-refractivity contribution in [3.63, 3.8) is 0 Å². The third kappa shape index (κ3) is 4.89. The number of hydrogen-bond donors (Lipinski definition) is 2. The molecule has 0 bridgehead atoms. The monoisotopic (exact) mass is 279 g/mol. The van der Waals surface area contributed by atoms with Crippen molar-refractivity contribution < 1.29 is 14.3 Å². The third-order valence-electron chi connectivity index (χ3n) is 2.72. The van der Waals surface area contributed by atoms with Gasteiger partial charge in [0.15, 0.2) is 6.61 Å². The molecule has 0 aliphatic carbocycles. The summed E-state index contributed by atoms with van der Waals surface area (Å²) in [6.45, 7) is 2.62. The molecule has 0 aliphatic heterocycles. The first kappa shape index (κ1) is 16.0. The van der Waals surface area contributed by atoms with E-state index >= 15 is 0 Å². The molecule has 1 aromatic rings. The first-order valence-corrected chi connectivity index (χ1v) is 6.50. The molecule has 0 radical (unpaired) electrons. The smallest absolute Gasteiger partial charge is 0.260 e. The van der Waals surface area contributed by atoms with Gasteiger partial charge in [0, 0.05) is 25.7 Å². The molecule has 0 unspecified atom stereocenters. The number of benzene rings is 1. The standard InChI is InChI=1S/C14H21N3O3/c1-3-16-13(18)9-17(2)14(19)10-20-12-7-5-4-6-11(12)8-15/h4-7H,3,8-10,15H2,1-2H3,(H,16,18). The van der Waals surface area contributed by atoms with Crippen molar-refractivity contribution in [1.82, 2.24) is 10.2 Å². The summed E-state index contributed by atoms with van der Waals surface area (Å²) in [6, 6.07) is 7.28. The van der Waals surface area contributed by atoms with Crippen LogP contribution in [0.1, 0.15) is 12.5 Å². The molecule has 6 heteroatoms. The summed E-state index contributed by atoms with van der Waals surface area (Å²) in [5.41, 5.74) is 6.43. The Morgan fingerprint density at radius 1 is 1.35 bits per heavy atom. The molecule has 0 fully saturated rings. The van der Waals surface area contributed by atoms with Crippen LogP contribution in [0.4, 0.5) is 0 Å². The van der Waals surface area contributed by atoms with Gasteiger partial charge in [-0.05, 0) is 13.0 Å². The molecule has 0 aromatic heterocycles. The SMILES string of the molecule is CCNC(=O)CN(C)C(=O)COc1ccccc1CN. The van der Waals surface area contributed by atoms with E-state index in [-0.39, 0.29) is 25.0 Å². The van der Waals surface area contributed by atoms with Gasteiger partial charge in [-0.2, -0.15) is 0 Å². The Kier molecular flexibility index (Phi) is 6.52. The van der Waals surface area contributed by atoms with E-state index in [4.69, 9.17) is 10.5 Å². The highest BCUT2D eigenvalue weighted by molar-refractivity contribution is 5.85. The Balaban J connectivity index is 2.48. The van der Waals surface area contributed by atoms with Crippen molar-refractivity contribution >= 4 is 11.8 Å². The molecule has 2 amide bonds. The van der Waals surface area contributed by atoms with Crippen molar-refractivity contribution in [3.05, 3.63) is 29.8 Å². The van der Waals surface area contributed by atoms with Crippen LogP contribution in [0.2, 0.25) is 0 Å². The summed E-state index contributed by atoms with van der Waals surface area (Å²) < 4.78 is 5.45. The minimum Gasteiger partial charge on any atom is -0.483 e. The maximum Gasteiger partial charge on any atom is 0.260 e. The number of carbonyl (C=O) groups is 2. The van der Waals surface area contributed by atoms with Crippen molar-refractivity contribution in [2.75, 3.05) is 26.7 Å². The summed E-state index contributed by atoms with van der Waals surface area (Å²) in [5, 5.41) is 2.63. The highest BCUT2D eigenvalue weighted by Crippen LogP contribution is 2.16. The fourth-order valence-corrected chi connectivity index (χ4v) is 1.62. The van der Waals surface area contributed by atoms with Crippen molar-refractivity contribution in [2.45, 2.75) is 13.5 Å². The molecule has 3 N–H and O–H groups in total.